The van der Waals surface area contributed by atoms with Crippen molar-refractivity contribution in [1.82, 2.24) is 14.3 Å². The van der Waals surface area contributed by atoms with Gasteiger partial charge in [-0.25, -0.2) is 18.1 Å². The highest BCUT2D eigenvalue weighted by Gasteiger charge is 2.20. The number of thioether (sulfide) groups is 1. The lowest BCUT2D eigenvalue weighted by molar-refractivity contribution is 0.583. The number of rotatable bonds is 11. The first-order valence-electron chi connectivity index (χ1n) is 11.6. The molecule has 0 aliphatic heterocycles. The van der Waals surface area contributed by atoms with E-state index in [1.807, 2.05) is 36.4 Å². The first-order valence-corrected chi connectivity index (χ1v) is 14.4. The molecule has 5 nitrogen and oxygen atoms in total. The highest BCUT2D eigenvalue weighted by atomic mass is 35.5. The molecule has 0 saturated heterocycles. The summed E-state index contributed by atoms with van der Waals surface area (Å²) < 4.78 is 30.2. The third kappa shape index (κ3) is 6.35. The SMILES string of the molecule is CCCCn1c(SCCNS(=O)(=O)c2ccc(Cl)cc2)nc(-c2ccccc2)c1-c1ccccc1. The molecule has 1 aromatic heterocycles. The summed E-state index contributed by atoms with van der Waals surface area (Å²) >= 11 is 7.45. The largest absolute Gasteiger partial charge is 0.318 e. The first-order chi connectivity index (χ1) is 17.0. The molecule has 0 bridgehead atoms. The van der Waals surface area contributed by atoms with Crippen molar-refractivity contribution < 1.29 is 8.42 Å². The van der Waals surface area contributed by atoms with Gasteiger partial charge in [0.05, 0.1) is 16.3 Å². The molecule has 0 unspecified atom stereocenters. The van der Waals surface area contributed by atoms with Crippen molar-refractivity contribution in [2.24, 2.45) is 0 Å². The van der Waals surface area contributed by atoms with Crippen molar-refractivity contribution in [3.63, 3.8) is 0 Å². The summed E-state index contributed by atoms with van der Waals surface area (Å²) in [6, 6.07) is 26.7. The Hall–Kier alpha value is -2.58. The Morgan fingerprint density at radius 3 is 2.17 bits per heavy atom. The molecule has 182 valence electrons. The summed E-state index contributed by atoms with van der Waals surface area (Å²) in [6.45, 7) is 3.31. The third-order valence-electron chi connectivity index (χ3n) is 5.51. The molecule has 0 radical (unpaired) electrons. The van der Waals surface area contributed by atoms with E-state index in [9.17, 15) is 8.42 Å². The fourth-order valence-electron chi connectivity index (χ4n) is 3.77. The van der Waals surface area contributed by atoms with Crippen LogP contribution in [0.25, 0.3) is 22.5 Å². The Labute approximate surface area is 216 Å². The standard InChI is InChI=1S/C27H28ClN3O2S2/c1-2-3-19-31-26(22-12-8-5-9-13-22)25(21-10-6-4-7-11-21)30-27(31)34-20-18-29-35(32,33)24-16-14-23(28)15-17-24/h4-17,29H,2-3,18-20H2,1H3. The number of halogens is 1. The molecule has 8 heteroatoms. The number of nitrogens with one attached hydrogen (secondary N) is 1. The van der Waals surface area contributed by atoms with E-state index < -0.39 is 10.0 Å². The van der Waals surface area contributed by atoms with Crippen LogP contribution in [0.1, 0.15) is 19.8 Å². The maximum atomic E-state index is 12.6. The van der Waals surface area contributed by atoms with Crippen LogP contribution < -0.4 is 4.72 Å². The van der Waals surface area contributed by atoms with Crippen molar-refractivity contribution in [3.8, 4) is 22.5 Å². The summed E-state index contributed by atoms with van der Waals surface area (Å²) in [7, 11) is -3.59. The van der Waals surface area contributed by atoms with E-state index in [1.54, 1.807) is 23.9 Å². The number of hydrogen-bond donors (Lipinski definition) is 1. The lowest BCUT2D eigenvalue weighted by Crippen LogP contribution is -2.26. The molecule has 4 rings (SSSR count). The second kappa shape index (κ2) is 11.9. The van der Waals surface area contributed by atoms with Crippen LogP contribution >= 0.6 is 23.4 Å². The van der Waals surface area contributed by atoms with E-state index in [4.69, 9.17) is 16.6 Å². The monoisotopic (exact) mass is 525 g/mol. The average Bonchev–Trinajstić information content (AvgIpc) is 3.25. The van der Waals surface area contributed by atoms with Gasteiger partial charge in [0, 0.05) is 35.0 Å². The maximum Gasteiger partial charge on any atom is 0.240 e. The van der Waals surface area contributed by atoms with Crippen molar-refractivity contribution in [1.29, 1.82) is 0 Å². The minimum atomic E-state index is -3.59. The number of benzene rings is 3. The molecular formula is C27H28ClN3O2S2. The minimum Gasteiger partial charge on any atom is -0.318 e. The van der Waals surface area contributed by atoms with Gasteiger partial charge in [0.15, 0.2) is 5.16 Å². The summed E-state index contributed by atoms with van der Waals surface area (Å²) in [6.07, 6.45) is 2.10. The molecule has 0 fully saturated rings. The number of aromatic nitrogens is 2. The molecule has 3 aromatic carbocycles. The van der Waals surface area contributed by atoms with Gasteiger partial charge in [-0.15, -0.1) is 0 Å². The molecule has 35 heavy (non-hydrogen) atoms. The van der Waals surface area contributed by atoms with Crippen molar-refractivity contribution >= 4 is 33.4 Å². The van der Waals surface area contributed by atoms with Crippen LogP contribution in [0, 0.1) is 0 Å². The van der Waals surface area contributed by atoms with Crippen LogP contribution in [0.3, 0.4) is 0 Å². The number of nitrogens with zero attached hydrogens (tertiary/aromatic N) is 2. The van der Waals surface area contributed by atoms with E-state index in [-0.39, 0.29) is 11.4 Å². The molecule has 0 spiro atoms. The van der Waals surface area contributed by atoms with E-state index in [0.717, 1.165) is 47.1 Å². The zero-order valence-electron chi connectivity index (χ0n) is 19.5. The van der Waals surface area contributed by atoms with E-state index in [1.165, 1.54) is 12.1 Å². The van der Waals surface area contributed by atoms with Gasteiger partial charge in [-0.2, -0.15) is 0 Å². The highest BCUT2D eigenvalue weighted by molar-refractivity contribution is 7.99. The quantitative estimate of drug-likeness (QED) is 0.174. The molecule has 4 aromatic rings. The number of imidazole rings is 1. The fourth-order valence-corrected chi connectivity index (χ4v) is 5.94. The zero-order valence-corrected chi connectivity index (χ0v) is 21.9. The smallest absolute Gasteiger partial charge is 0.240 e. The predicted molar refractivity (Wildman–Crippen MR) is 145 cm³/mol. The van der Waals surface area contributed by atoms with Gasteiger partial charge in [-0.05, 0) is 30.7 Å². The van der Waals surface area contributed by atoms with Crippen molar-refractivity contribution in [2.75, 3.05) is 12.3 Å². The van der Waals surface area contributed by atoms with Gasteiger partial charge in [0.2, 0.25) is 10.0 Å². The Bertz CT molecular complexity index is 1340. The molecule has 0 saturated carbocycles. The topological polar surface area (TPSA) is 64.0 Å². The second-order valence-corrected chi connectivity index (χ2v) is 11.3. The molecular weight excluding hydrogens is 498 g/mol. The summed E-state index contributed by atoms with van der Waals surface area (Å²) in [5.74, 6) is 0.554. The van der Waals surface area contributed by atoms with Gasteiger partial charge in [0.25, 0.3) is 0 Å². The second-order valence-electron chi connectivity index (χ2n) is 8.03. The van der Waals surface area contributed by atoms with Gasteiger partial charge in [-0.3, -0.25) is 0 Å². The lowest BCUT2D eigenvalue weighted by Gasteiger charge is -2.13. The van der Waals surface area contributed by atoms with Crippen LogP contribution in [0.15, 0.2) is 95.0 Å². The highest BCUT2D eigenvalue weighted by Crippen LogP contribution is 2.36. The molecule has 0 aliphatic rings. The molecule has 0 aliphatic carbocycles. The normalized spacial score (nSPS) is 11.6. The first kappa shape index (κ1) is 25.5. The molecule has 1 N–H and O–H groups in total. The average molecular weight is 526 g/mol. The lowest BCUT2D eigenvalue weighted by atomic mass is 10.0. The summed E-state index contributed by atoms with van der Waals surface area (Å²) in [5.41, 5.74) is 4.21. The Kier molecular flexibility index (Phi) is 8.68. The summed E-state index contributed by atoms with van der Waals surface area (Å²) in [5, 5.41) is 1.39. The van der Waals surface area contributed by atoms with Crippen molar-refractivity contribution in [2.45, 2.75) is 36.4 Å². The van der Waals surface area contributed by atoms with Crippen LogP contribution in [0.5, 0.6) is 0 Å². The Balaban J connectivity index is 1.59. The number of sulfonamides is 1. The van der Waals surface area contributed by atoms with E-state index in [2.05, 4.69) is 40.5 Å². The van der Waals surface area contributed by atoms with Gasteiger partial charge < -0.3 is 4.57 Å². The van der Waals surface area contributed by atoms with Crippen LogP contribution in [0.2, 0.25) is 5.02 Å². The third-order valence-corrected chi connectivity index (χ3v) is 8.22. The Morgan fingerprint density at radius 1 is 0.914 bits per heavy atom. The maximum absolute atomic E-state index is 12.6. The van der Waals surface area contributed by atoms with Gasteiger partial charge >= 0.3 is 0 Å². The van der Waals surface area contributed by atoms with Crippen molar-refractivity contribution in [3.05, 3.63) is 90.0 Å². The fraction of sp³-hybridized carbons (Fsp3) is 0.222. The minimum absolute atomic E-state index is 0.203. The predicted octanol–water partition coefficient (Wildman–Crippen LogP) is 6.74. The van der Waals surface area contributed by atoms with Gasteiger partial charge in [-0.1, -0.05) is 97.4 Å². The Morgan fingerprint density at radius 2 is 1.54 bits per heavy atom. The van der Waals surface area contributed by atoms with E-state index >= 15 is 0 Å². The number of hydrogen-bond acceptors (Lipinski definition) is 4. The summed E-state index contributed by atoms with van der Waals surface area (Å²) in [4.78, 5) is 5.25. The molecule has 0 atom stereocenters. The van der Waals surface area contributed by atoms with Crippen LogP contribution in [-0.4, -0.2) is 30.3 Å². The number of unbranched alkanes of at least 4 members (excludes halogenated alkanes) is 1. The van der Waals surface area contributed by atoms with E-state index in [0.29, 0.717) is 10.8 Å². The molecule has 0 amide bonds. The van der Waals surface area contributed by atoms with Gasteiger partial charge in [0.1, 0.15) is 0 Å². The van der Waals surface area contributed by atoms with Crippen LogP contribution in [0.4, 0.5) is 0 Å². The van der Waals surface area contributed by atoms with Crippen LogP contribution in [-0.2, 0) is 16.6 Å². The molecule has 1 heterocycles. The zero-order chi connectivity index (χ0) is 24.7.